The van der Waals surface area contributed by atoms with Gasteiger partial charge in [0, 0.05) is 12.0 Å². The van der Waals surface area contributed by atoms with Crippen LogP contribution in [0.4, 0.5) is 5.69 Å². The van der Waals surface area contributed by atoms with Gasteiger partial charge < -0.3 is 14.5 Å². The van der Waals surface area contributed by atoms with Crippen LogP contribution in [0.15, 0.2) is 60.7 Å². The molecule has 0 fully saturated rings. The lowest BCUT2D eigenvalue weighted by Gasteiger charge is -2.20. The SMILES string of the molecule is OB1OCCc2ccc(NOc3cccc4ccccc34)cc21. The van der Waals surface area contributed by atoms with Crippen molar-refractivity contribution in [3.63, 3.8) is 0 Å². The first kappa shape index (κ1) is 14.1. The van der Waals surface area contributed by atoms with Gasteiger partial charge in [-0.15, -0.1) is 0 Å². The van der Waals surface area contributed by atoms with Gasteiger partial charge in [0.15, 0.2) is 5.75 Å². The molecule has 4 nitrogen and oxygen atoms in total. The van der Waals surface area contributed by atoms with Crippen molar-refractivity contribution in [3.05, 3.63) is 66.2 Å². The molecule has 0 saturated carbocycles. The Labute approximate surface area is 134 Å². The van der Waals surface area contributed by atoms with Crippen molar-refractivity contribution >= 4 is 29.0 Å². The van der Waals surface area contributed by atoms with Gasteiger partial charge in [-0.2, -0.15) is 0 Å². The van der Waals surface area contributed by atoms with E-state index < -0.39 is 7.12 Å². The number of benzene rings is 3. The Morgan fingerprint density at radius 2 is 1.91 bits per heavy atom. The van der Waals surface area contributed by atoms with Crippen LogP contribution >= 0.6 is 0 Å². The molecular weight excluding hydrogens is 289 g/mol. The summed E-state index contributed by atoms with van der Waals surface area (Å²) in [6.07, 6.45) is 0.816. The highest BCUT2D eigenvalue weighted by Crippen LogP contribution is 2.25. The highest BCUT2D eigenvalue weighted by atomic mass is 16.6. The Kier molecular flexibility index (Phi) is 3.65. The van der Waals surface area contributed by atoms with Gasteiger partial charge in [-0.1, -0.05) is 42.5 Å². The number of anilines is 1. The molecule has 23 heavy (non-hydrogen) atoms. The van der Waals surface area contributed by atoms with Crippen molar-refractivity contribution in [1.82, 2.24) is 0 Å². The maximum absolute atomic E-state index is 9.92. The van der Waals surface area contributed by atoms with Gasteiger partial charge in [-0.05, 0) is 41.0 Å². The zero-order chi connectivity index (χ0) is 15.6. The smallest absolute Gasteiger partial charge is 0.423 e. The molecule has 4 rings (SSSR count). The Hall–Kier alpha value is -2.50. The summed E-state index contributed by atoms with van der Waals surface area (Å²) in [6.45, 7) is 0.549. The summed E-state index contributed by atoms with van der Waals surface area (Å²) >= 11 is 0. The first-order valence-electron chi connectivity index (χ1n) is 7.64. The van der Waals surface area contributed by atoms with Crippen LogP contribution < -0.4 is 15.8 Å². The van der Waals surface area contributed by atoms with Crippen molar-refractivity contribution in [2.24, 2.45) is 0 Å². The van der Waals surface area contributed by atoms with E-state index >= 15 is 0 Å². The Morgan fingerprint density at radius 1 is 1.04 bits per heavy atom. The van der Waals surface area contributed by atoms with E-state index in [-0.39, 0.29) is 0 Å². The zero-order valence-corrected chi connectivity index (χ0v) is 12.5. The van der Waals surface area contributed by atoms with Crippen LogP contribution in [-0.2, 0) is 11.1 Å². The molecule has 114 valence electrons. The third-order valence-electron chi connectivity index (χ3n) is 4.09. The quantitative estimate of drug-likeness (QED) is 0.577. The Bertz CT molecular complexity index is 847. The Balaban J connectivity index is 1.58. The van der Waals surface area contributed by atoms with Gasteiger partial charge in [0.25, 0.3) is 0 Å². The van der Waals surface area contributed by atoms with Crippen molar-refractivity contribution < 1.29 is 14.5 Å². The number of fused-ring (bicyclic) bond motifs is 2. The van der Waals surface area contributed by atoms with Gasteiger partial charge in [0.05, 0.1) is 5.69 Å². The number of hydrogen-bond acceptors (Lipinski definition) is 4. The minimum Gasteiger partial charge on any atom is -0.423 e. The minimum atomic E-state index is -0.863. The van der Waals surface area contributed by atoms with Crippen LogP contribution in [0.2, 0.25) is 0 Å². The summed E-state index contributed by atoms with van der Waals surface area (Å²) < 4.78 is 5.27. The molecule has 1 aliphatic rings. The molecule has 0 spiro atoms. The van der Waals surface area contributed by atoms with Crippen molar-refractivity contribution in [2.75, 3.05) is 12.1 Å². The van der Waals surface area contributed by atoms with Crippen molar-refractivity contribution in [2.45, 2.75) is 6.42 Å². The molecule has 1 heterocycles. The predicted molar refractivity (Wildman–Crippen MR) is 91.9 cm³/mol. The first-order chi connectivity index (χ1) is 11.3. The fraction of sp³-hybridized carbons (Fsp3) is 0.111. The number of rotatable bonds is 3. The molecule has 0 aromatic heterocycles. The van der Waals surface area contributed by atoms with Crippen LogP contribution in [-0.4, -0.2) is 18.7 Å². The predicted octanol–water partition coefficient (Wildman–Crippen LogP) is 2.51. The average Bonchev–Trinajstić information content (AvgIpc) is 2.60. The number of nitrogens with one attached hydrogen (secondary N) is 1. The van der Waals surface area contributed by atoms with Crippen LogP contribution in [0, 0.1) is 0 Å². The molecule has 0 saturated heterocycles. The topological polar surface area (TPSA) is 50.7 Å². The third kappa shape index (κ3) is 2.76. The summed E-state index contributed by atoms with van der Waals surface area (Å²) in [5.41, 5.74) is 5.64. The molecule has 0 radical (unpaired) electrons. The Morgan fingerprint density at radius 3 is 2.87 bits per heavy atom. The molecule has 0 unspecified atom stereocenters. The summed E-state index contributed by atoms with van der Waals surface area (Å²) in [5.74, 6) is 0.762. The average molecular weight is 305 g/mol. The summed E-state index contributed by atoms with van der Waals surface area (Å²) in [7, 11) is -0.863. The van der Waals surface area contributed by atoms with Crippen molar-refractivity contribution in [1.29, 1.82) is 0 Å². The molecule has 3 aromatic carbocycles. The second kappa shape index (κ2) is 5.95. The van der Waals surface area contributed by atoms with Gasteiger partial charge in [0.2, 0.25) is 0 Å². The highest BCUT2D eigenvalue weighted by molar-refractivity contribution is 6.61. The third-order valence-corrected chi connectivity index (χ3v) is 4.09. The second-order valence-corrected chi connectivity index (χ2v) is 5.57. The second-order valence-electron chi connectivity index (χ2n) is 5.57. The van der Waals surface area contributed by atoms with E-state index in [0.717, 1.165) is 39.7 Å². The minimum absolute atomic E-state index is 0.549. The molecular formula is C18H16BNO3. The molecule has 0 atom stereocenters. The van der Waals surface area contributed by atoms with Crippen LogP contribution in [0.1, 0.15) is 5.56 Å². The zero-order valence-electron chi connectivity index (χ0n) is 12.5. The van der Waals surface area contributed by atoms with E-state index in [1.165, 1.54) is 0 Å². The van der Waals surface area contributed by atoms with E-state index in [9.17, 15) is 5.02 Å². The molecule has 0 bridgehead atoms. The summed E-state index contributed by atoms with van der Waals surface area (Å²) in [5, 5.41) is 12.1. The standard InChI is InChI=1S/C18H16BNO3/c21-19-17-12-15(9-8-14(17)10-11-22-19)20-23-18-7-3-5-13-4-1-2-6-16(13)18/h1-9,12,20-21H,10-11H2. The maximum atomic E-state index is 9.92. The van der Waals surface area contributed by atoms with Gasteiger partial charge in [0.1, 0.15) is 0 Å². The van der Waals surface area contributed by atoms with Crippen LogP contribution in [0.3, 0.4) is 0 Å². The lowest BCUT2D eigenvalue weighted by molar-refractivity contribution is 0.266. The van der Waals surface area contributed by atoms with Crippen LogP contribution in [0.5, 0.6) is 5.75 Å². The molecule has 2 N–H and O–H groups in total. The molecule has 1 aliphatic heterocycles. The summed E-state index contributed by atoms with van der Waals surface area (Å²) in [4.78, 5) is 5.76. The lowest BCUT2D eigenvalue weighted by Crippen LogP contribution is -2.41. The largest absolute Gasteiger partial charge is 0.491 e. The van der Waals surface area contributed by atoms with Crippen LogP contribution in [0.25, 0.3) is 10.8 Å². The molecule has 0 amide bonds. The highest BCUT2D eigenvalue weighted by Gasteiger charge is 2.24. The lowest BCUT2D eigenvalue weighted by atomic mass is 9.73. The molecule has 5 heteroatoms. The maximum Gasteiger partial charge on any atom is 0.491 e. The monoisotopic (exact) mass is 305 g/mol. The van der Waals surface area contributed by atoms with E-state index in [1.54, 1.807) is 0 Å². The molecule has 3 aromatic rings. The van der Waals surface area contributed by atoms with E-state index in [0.29, 0.717) is 6.61 Å². The molecule has 0 aliphatic carbocycles. The fourth-order valence-electron chi connectivity index (χ4n) is 2.88. The van der Waals surface area contributed by atoms with Gasteiger partial charge in [-0.25, -0.2) is 5.48 Å². The van der Waals surface area contributed by atoms with Gasteiger partial charge >= 0.3 is 7.12 Å². The van der Waals surface area contributed by atoms with Gasteiger partial charge in [-0.3, -0.25) is 0 Å². The van der Waals surface area contributed by atoms with E-state index in [1.807, 2.05) is 48.5 Å². The van der Waals surface area contributed by atoms with Crippen molar-refractivity contribution in [3.8, 4) is 5.75 Å². The van der Waals surface area contributed by atoms with E-state index in [2.05, 4.69) is 17.6 Å². The first-order valence-corrected chi connectivity index (χ1v) is 7.64. The normalized spacial score (nSPS) is 13.7. The summed E-state index contributed by atoms with van der Waals surface area (Å²) in [6, 6.07) is 19.8. The number of hydrogen-bond donors (Lipinski definition) is 2. The fourth-order valence-corrected chi connectivity index (χ4v) is 2.88. The van der Waals surface area contributed by atoms with E-state index in [4.69, 9.17) is 9.49 Å².